The quantitative estimate of drug-likeness (QED) is 0.0597. The topological polar surface area (TPSA) is 162 Å². The van der Waals surface area contributed by atoms with Gasteiger partial charge < -0.3 is 40.0 Å². The third-order valence-electron chi connectivity index (χ3n) is 9.05. The van der Waals surface area contributed by atoms with Gasteiger partial charge in [-0.3, -0.25) is 9.59 Å². The maximum atomic E-state index is 13.9. The van der Waals surface area contributed by atoms with Crippen LogP contribution in [0.3, 0.4) is 0 Å². The molecule has 3 aromatic rings. The number of benzene rings is 3. The summed E-state index contributed by atoms with van der Waals surface area (Å²) in [6.45, 7) is 8.01. The highest BCUT2D eigenvalue weighted by molar-refractivity contribution is 5.86. The molecule has 3 aromatic carbocycles. The Morgan fingerprint density at radius 1 is 0.870 bits per heavy atom. The molecule has 0 heterocycles. The van der Waals surface area contributed by atoms with Crippen molar-refractivity contribution in [1.82, 2.24) is 16.0 Å². The molecular weight excluding hydrogens is 690 g/mol. The molecule has 1 aliphatic rings. The molecule has 4 rings (SSSR count). The number of aliphatic hydroxyl groups is 1. The van der Waals surface area contributed by atoms with Gasteiger partial charge in [0, 0.05) is 26.0 Å². The van der Waals surface area contributed by atoms with Crippen molar-refractivity contribution in [2.75, 3.05) is 46.7 Å². The number of hydrogen-bond acceptors (Lipinski definition) is 9. The van der Waals surface area contributed by atoms with E-state index in [0.717, 1.165) is 22.3 Å². The van der Waals surface area contributed by atoms with E-state index in [-0.39, 0.29) is 70.7 Å². The molecule has 288 valence electrons. The second-order valence-electron chi connectivity index (χ2n) is 12.8. The summed E-state index contributed by atoms with van der Waals surface area (Å²) in [5, 5.41) is 17.2. The smallest absolute Gasteiger partial charge is 0.407 e. The predicted octanol–water partition coefficient (Wildman–Crippen LogP) is 4.98. The molecule has 4 atom stereocenters. The second kappa shape index (κ2) is 22.0. The number of methoxy groups -OCH3 is 1. The lowest BCUT2D eigenvalue weighted by atomic mass is 9.97. The third-order valence-corrected chi connectivity index (χ3v) is 9.05. The minimum atomic E-state index is -1.10. The van der Waals surface area contributed by atoms with Crippen LogP contribution in [-0.2, 0) is 33.3 Å². The van der Waals surface area contributed by atoms with E-state index in [1.54, 1.807) is 36.4 Å². The highest BCUT2D eigenvalue weighted by Gasteiger charge is 2.34. The minimum Gasteiger partial charge on any atom is -0.454 e. The number of carbonyl (C=O) groups is 4. The monoisotopic (exact) mass is 741 g/mol. The van der Waals surface area contributed by atoms with Gasteiger partial charge >= 0.3 is 12.1 Å². The predicted molar refractivity (Wildman–Crippen MR) is 204 cm³/mol. The molecular formula is C42H51N3O9. The van der Waals surface area contributed by atoms with E-state index in [9.17, 15) is 19.2 Å². The standard InChI is InChI=1S/C42H51N3O9/c1-4-6-21-36(45-42(50)53-27-35-33-19-12-10-17-31(33)32-18-11-13-20-34(32)35)41(49)54-39(29-15-8-7-9-16-29)37(28-51-3)44-40(48)30(14-5-2)26-38(47)43-22-24-52-25-23-46/h4-5,7-13,15-20,30,35-37,39,46H,1-2,6,14,21-28H2,3H3,(H,43,47)(H,44,48)(H,45,50). The molecule has 12 heteroatoms. The largest absolute Gasteiger partial charge is 0.454 e. The maximum absolute atomic E-state index is 13.9. The summed E-state index contributed by atoms with van der Waals surface area (Å²) in [6, 6.07) is 22.9. The van der Waals surface area contributed by atoms with E-state index in [0.29, 0.717) is 12.0 Å². The Hall–Kier alpha value is -5.30. The van der Waals surface area contributed by atoms with Crippen LogP contribution < -0.4 is 16.0 Å². The molecule has 12 nitrogen and oxygen atoms in total. The molecule has 0 bridgehead atoms. The van der Waals surface area contributed by atoms with Crippen LogP contribution in [0.15, 0.2) is 104 Å². The van der Waals surface area contributed by atoms with Crippen molar-refractivity contribution in [3.05, 3.63) is 121 Å². The lowest BCUT2D eigenvalue weighted by Crippen LogP contribution is -2.49. The second-order valence-corrected chi connectivity index (χ2v) is 12.8. The molecule has 0 fully saturated rings. The van der Waals surface area contributed by atoms with Crippen LogP contribution in [0.25, 0.3) is 11.1 Å². The number of allylic oxidation sites excluding steroid dienone is 2. The summed E-state index contributed by atoms with van der Waals surface area (Å²) in [5.41, 5.74) is 4.90. The SMILES string of the molecule is C=CCCC(NC(=O)OCC1c2ccccc2-c2ccccc21)C(=O)OC(c1ccccc1)C(COC)NC(=O)C(CC=C)CC(=O)NCCOCCO. The van der Waals surface area contributed by atoms with Crippen molar-refractivity contribution in [2.24, 2.45) is 5.92 Å². The normalized spacial score (nSPS) is 14.0. The molecule has 0 saturated carbocycles. The fraction of sp³-hybridized carbons (Fsp3) is 0.381. The van der Waals surface area contributed by atoms with Crippen LogP contribution in [0, 0.1) is 5.92 Å². The van der Waals surface area contributed by atoms with E-state index in [4.69, 9.17) is 24.1 Å². The Kier molecular flexibility index (Phi) is 16.9. The zero-order chi connectivity index (χ0) is 38.7. The van der Waals surface area contributed by atoms with Crippen LogP contribution in [0.1, 0.15) is 54.4 Å². The Balaban J connectivity index is 1.46. The molecule has 1 aliphatic carbocycles. The fourth-order valence-corrected chi connectivity index (χ4v) is 6.44. The number of aliphatic hydroxyl groups excluding tert-OH is 1. The fourth-order valence-electron chi connectivity index (χ4n) is 6.44. The summed E-state index contributed by atoms with van der Waals surface area (Å²) in [6.07, 6.45) is 2.07. The van der Waals surface area contributed by atoms with E-state index in [1.807, 2.05) is 54.6 Å². The van der Waals surface area contributed by atoms with Crippen molar-refractivity contribution in [1.29, 1.82) is 0 Å². The molecule has 0 aliphatic heterocycles. The Labute approximate surface area is 316 Å². The van der Waals surface area contributed by atoms with E-state index in [2.05, 4.69) is 29.1 Å². The highest BCUT2D eigenvalue weighted by Crippen LogP contribution is 2.44. The number of carbonyl (C=O) groups excluding carboxylic acids is 4. The lowest BCUT2D eigenvalue weighted by molar-refractivity contribution is -0.155. The maximum Gasteiger partial charge on any atom is 0.407 e. The van der Waals surface area contributed by atoms with Gasteiger partial charge in [-0.25, -0.2) is 9.59 Å². The first-order valence-corrected chi connectivity index (χ1v) is 18.1. The zero-order valence-electron chi connectivity index (χ0n) is 30.7. The average molecular weight is 742 g/mol. The molecule has 4 N–H and O–H groups in total. The van der Waals surface area contributed by atoms with Crippen LogP contribution in [0.5, 0.6) is 0 Å². The van der Waals surface area contributed by atoms with Crippen molar-refractivity contribution < 1.29 is 43.2 Å². The number of ether oxygens (including phenoxy) is 4. The van der Waals surface area contributed by atoms with Gasteiger partial charge in [0.25, 0.3) is 0 Å². The molecule has 54 heavy (non-hydrogen) atoms. The molecule has 0 radical (unpaired) electrons. The average Bonchev–Trinajstić information content (AvgIpc) is 3.51. The van der Waals surface area contributed by atoms with Gasteiger partial charge in [-0.05, 0) is 47.1 Å². The van der Waals surface area contributed by atoms with Gasteiger partial charge in [-0.15, -0.1) is 13.2 Å². The molecule has 0 spiro atoms. The number of nitrogens with one attached hydrogen (secondary N) is 3. The van der Waals surface area contributed by atoms with Gasteiger partial charge in [0.15, 0.2) is 0 Å². The third kappa shape index (κ3) is 11.9. The van der Waals surface area contributed by atoms with Crippen LogP contribution in [-0.4, -0.2) is 87.8 Å². The van der Waals surface area contributed by atoms with Crippen molar-refractivity contribution in [2.45, 2.75) is 49.8 Å². The van der Waals surface area contributed by atoms with E-state index < -0.39 is 42.1 Å². The summed E-state index contributed by atoms with van der Waals surface area (Å²) < 4.78 is 22.5. The van der Waals surface area contributed by atoms with Crippen molar-refractivity contribution >= 4 is 23.9 Å². The van der Waals surface area contributed by atoms with Crippen molar-refractivity contribution in [3.8, 4) is 11.1 Å². The zero-order valence-corrected chi connectivity index (χ0v) is 30.7. The number of amides is 3. The van der Waals surface area contributed by atoms with Crippen LogP contribution >= 0.6 is 0 Å². The summed E-state index contributed by atoms with van der Waals surface area (Å²) in [5.74, 6) is -2.49. The van der Waals surface area contributed by atoms with Crippen LogP contribution in [0.4, 0.5) is 4.79 Å². The van der Waals surface area contributed by atoms with Crippen LogP contribution in [0.2, 0.25) is 0 Å². The number of esters is 1. The van der Waals surface area contributed by atoms with E-state index >= 15 is 0 Å². The first kappa shape index (κ1) is 41.5. The minimum absolute atomic E-state index is 0.0368. The number of fused-ring (bicyclic) bond motifs is 3. The van der Waals surface area contributed by atoms with Gasteiger partial charge in [0.1, 0.15) is 18.8 Å². The molecule has 0 aromatic heterocycles. The summed E-state index contributed by atoms with van der Waals surface area (Å²) in [4.78, 5) is 53.6. The van der Waals surface area contributed by atoms with Gasteiger partial charge in [-0.2, -0.15) is 0 Å². The summed E-state index contributed by atoms with van der Waals surface area (Å²) >= 11 is 0. The van der Waals surface area contributed by atoms with Gasteiger partial charge in [0.05, 0.1) is 38.4 Å². The van der Waals surface area contributed by atoms with E-state index in [1.165, 1.54) is 7.11 Å². The van der Waals surface area contributed by atoms with Gasteiger partial charge in [0.2, 0.25) is 11.8 Å². The number of rotatable bonds is 23. The molecule has 0 saturated heterocycles. The summed E-state index contributed by atoms with van der Waals surface area (Å²) in [7, 11) is 1.46. The van der Waals surface area contributed by atoms with Gasteiger partial charge in [-0.1, -0.05) is 91.0 Å². The Bertz CT molecular complexity index is 1650. The number of hydrogen-bond donors (Lipinski definition) is 4. The first-order valence-electron chi connectivity index (χ1n) is 18.1. The van der Waals surface area contributed by atoms with Crippen molar-refractivity contribution in [3.63, 3.8) is 0 Å². The molecule has 3 amide bonds. The Morgan fingerprint density at radius 3 is 2.17 bits per heavy atom. The number of alkyl carbamates (subject to hydrolysis) is 1. The lowest BCUT2D eigenvalue weighted by Gasteiger charge is -2.30. The highest BCUT2D eigenvalue weighted by atomic mass is 16.6. The molecule has 4 unspecified atom stereocenters. The first-order chi connectivity index (χ1) is 26.3. The Morgan fingerprint density at radius 2 is 1.54 bits per heavy atom.